The number of carbonyl (C=O) groups is 3. The van der Waals surface area contributed by atoms with E-state index >= 15 is 0 Å². The van der Waals surface area contributed by atoms with Gasteiger partial charge < -0.3 is 4.74 Å². The zero-order valence-corrected chi connectivity index (χ0v) is 20.2. The van der Waals surface area contributed by atoms with Crippen LogP contribution in [-0.2, 0) is 16.2 Å². The molecule has 0 aromatic heterocycles. The number of para-hydroxylation sites is 1. The van der Waals surface area contributed by atoms with Crippen molar-refractivity contribution in [1.29, 1.82) is 0 Å². The summed E-state index contributed by atoms with van der Waals surface area (Å²) in [5.74, 6) is 2.03. The first kappa shape index (κ1) is 24.5. The van der Waals surface area contributed by atoms with Crippen molar-refractivity contribution < 1.29 is 19.1 Å². The van der Waals surface area contributed by atoms with Crippen LogP contribution in [0.5, 0.6) is 5.75 Å². The van der Waals surface area contributed by atoms with Crippen molar-refractivity contribution in [3.63, 3.8) is 0 Å². The normalized spacial score (nSPS) is 13.9. The van der Waals surface area contributed by atoms with E-state index in [0.29, 0.717) is 30.8 Å². The third-order valence-electron chi connectivity index (χ3n) is 6.25. The average molecular weight is 483 g/mol. The van der Waals surface area contributed by atoms with E-state index in [1.54, 1.807) is 24.3 Å². The molecule has 5 heteroatoms. The molecule has 35 heavy (non-hydrogen) atoms. The minimum absolute atomic E-state index is 0.316. The molecule has 0 aliphatic heterocycles. The Morgan fingerprint density at radius 2 is 1.46 bits per heavy atom. The van der Waals surface area contributed by atoms with E-state index in [1.807, 2.05) is 60.7 Å². The molecule has 0 spiro atoms. The summed E-state index contributed by atoms with van der Waals surface area (Å²) < 4.78 is 5.89. The van der Waals surface area contributed by atoms with Crippen LogP contribution in [0.1, 0.15) is 48.0 Å². The Hall–Kier alpha value is -3.62. The number of hydrogen-bond donors (Lipinski definition) is 0. The second-order valence-corrected chi connectivity index (χ2v) is 9.43. The largest absolute Gasteiger partial charge is 0.488 e. The van der Waals surface area contributed by atoms with Crippen LogP contribution in [0.25, 0.3) is 0 Å². The minimum Gasteiger partial charge on any atom is -0.488 e. The fourth-order valence-corrected chi connectivity index (χ4v) is 4.87. The lowest BCUT2D eigenvalue weighted by Crippen LogP contribution is -2.37. The van der Waals surface area contributed by atoms with Crippen molar-refractivity contribution in [2.45, 2.75) is 43.6 Å². The molecule has 0 N–H and O–H groups in total. The lowest BCUT2D eigenvalue weighted by molar-refractivity contribution is -0.136. The van der Waals surface area contributed by atoms with Crippen LogP contribution in [0.4, 0.5) is 0 Å². The van der Waals surface area contributed by atoms with Gasteiger partial charge in [0.1, 0.15) is 17.8 Å². The fraction of sp³-hybridized carbons (Fsp3) is 0.233. The second-order valence-electron chi connectivity index (χ2n) is 8.55. The number of rotatable bonds is 9. The van der Waals surface area contributed by atoms with E-state index < -0.39 is 5.41 Å². The van der Waals surface area contributed by atoms with Crippen LogP contribution < -0.4 is 4.74 Å². The molecule has 1 aliphatic rings. The van der Waals surface area contributed by atoms with Gasteiger partial charge in [0.2, 0.25) is 5.78 Å². The zero-order valence-electron chi connectivity index (χ0n) is 19.4. The maximum absolute atomic E-state index is 13.4. The van der Waals surface area contributed by atoms with Crippen molar-refractivity contribution in [3.05, 3.63) is 96.1 Å². The van der Waals surface area contributed by atoms with Gasteiger partial charge in [-0.25, -0.2) is 0 Å². The molecule has 176 valence electrons. The van der Waals surface area contributed by atoms with Crippen molar-refractivity contribution >= 4 is 29.1 Å². The Balaban J connectivity index is 1.45. The summed E-state index contributed by atoms with van der Waals surface area (Å²) in [6.45, 7) is 0.316. The molecule has 3 aromatic carbocycles. The summed E-state index contributed by atoms with van der Waals surface area (Å²) >= 11 is 1.26. The fourth-order valence-electron chi connectivity index (χ4n) is 4.32. The molecule has 3 aromatic rings. The molecule has 0 amide bonds. The van der Waals surface area contributed by atoms with Crippen molar-refractivity contribution in [1.82, 2.24) is 0 Å². The van der Waals surface area contributed by atoms with E-state index in [2.05, 4.69) is 11.2 Å². The molecule has 1 saturated carbocycles. The van der Waals surface area contributed by atoms with Crippen LogP contribution in [0.2, 0.25) is 0 Å². The van der Waals surface area contributed by atoms with Crippen molar-refractivity contribution in [2.24, 2.45) is 5.41 Å². The van der Waals surface area contributed by atoms with Gasteiger partial charge >= 0.3 is 0 Å². The first-order valence-electron chi connectivity index (χ1n) is 11.7. The predicted molar refractivity (Wildman–Crippen MR) is 137 cm³/mol. The Morgan fingerprint density at radius 1 is 0.829 bits per heavy atom. The summed E-state index contributed by atoms with van der Waals surface area (Å²) in [7, 11) is 0. The van der Waals surface area contributed by atoms with E-state index in [9.17, 15) is 14.4 Å². The zero-order chi connectivity index (χ0) is 24.5. The van der Waals surface area contributed by atoms with Gasteiger partial charge in [-0.1, -0.05) is 73.5 Å². The number of thioether (sulfide) groups is 1. The molecule has 1 aliphatic carbocycles. The molecule has 0 saturated heterocycles. The highest BCUT2D eigenvalue weighted by Gasteiger charge is 2.47. The molecule has 0 radical (unpaired) electrons. The third kappa shape index (κ3) is 6.09. The Morgan fingerprint density at radius 3 is 2.17 bits per heavy atom. The Labute approximate surface area is 210 Å². The highest BCUT2D eigenvalue weighted by molar-refractivity contribution is 8.04. The second kappa shape index (κ2) is 11.7. The Kier molecular flexibility index (Phi) is 8.18. The first-order valence-corrected chi connectivity index (χ1v) is 12.5. The van der Waals surface area contributed by atoms with Gasteiger partial charge in [-0.3, -0.25) is 14.4 Å². The van der Waals surface area contributed by atoms with Crippen LogP contribution in [0, 0.1) is 16.6 Å². The van der Waals surface area contributed by atoms with Crippen LogP contribution >= 0.6 is 11.8 Å². The van der Waals surface area contributed by atoms with Gasteiger partial charge in [0.15, 0.2) is 11.6 Å². The average Bonchev–Trinajstić information content (AvgIpc) is 3.40. The molecule has 0 unspecified atom stereocenters. The minimum atomic E-state index is -1.19. The van der Waals surface area contributed by atoms with Gasteiger partial charge in [-0.15, -0.1) is 0 Å². The number of ether oxygens (including phenoxy) is 1. The van der Waals surface area contributed by atoms with E-state index in [1.165, 1.54) is 11.8 Å². The van der Waals surface area contributed by atoms with Gasteiger partial charge in [0.25, 0.3) is 0 Å². The lowest BCUT2D eigenvalue weighted by atomic mass is 9.75. The predicted octanol–water partition coefficient (Wildman–Crippen LogP) is 6.29. The molecular weight excluding hydrogens is 456 g/mol. The van der Waals surface area contributed by atoms with Crippen LogP contribution in [0.15, 0.2) is 89.8 Å². The highest BCUT2D eigenvalue weighted by Crippen LogP contribution is 2.41. The summed E-state index contributed by atoms with van der Waals surface area (Å²) in [5.41, 5.74) is 0.135. The van der Waals surface area contributed by atoms with Crippen LogP contribution in [0.3, 0.4) is 0 Å². The van der Waals surface area contributed by atoms with Gasteiger partial charge in [-0.05, 0) is 65.6 Å². The number of hydrogen-bond acceptors (Lipinski definition) is 5. The molecule has 1 fully saturated rings. The summed E-state index contributed by atoms with van der Waals surface area (Å²) in [5, 5.41) is 2.84. The van der Waals surface area contributed by atoms with E-state index in [-0.39, 0.29) is 23.8 Å². The smallest absolute Gasteiger partial charge is 0.219 e. The van der Waals surface area contributed by atoms with Gasteiger partial charge in [-0.2, -0.15) is 0 Å². The maximum Gasteiger partial charge on any atom is 0.219 e. The molecule has 0 heterocycles. The van der Waals surface area contributed by atoms with E-state index in [4.69, 9.17) is 4.74 Å². The van der Waals surface area contributed by atoms with Crippen molar-refractivity contribution in [2.75, 3.05) is 0 Å². The molecule has 0 atom stereocenters. The maximum atomic E-state index is 13.4. The van der Waals surface area contributed by atoms with Gasteiger partial charge in [0, 0.05) is 4.90 Å². The molecule has 4 nitrogen and oxygen atoms in total. The SMILES string of the molecule is O=C(CC(=O)C1(C(=O)C#CSc2ccccc2)CCCC1)c1ccccc1OCc1ccccc1. The summed E-state index contributed by atoms with van der Waals surface area (Å²) in [4.78, 5) is 40.5. The highest BCUT2D eigenvalue weighted by atomic mass is 32.2. The standard InChI is InChI=1S/C30H26O4S/c31-26(25-15-7-8-16-27(25)34-22-23-11-3-1-4-12-23)21-29(33)30(18-9-10-19-30)28(32)17-20-35-24-13-5-2-6-14-24/h1-8,11-16H,9-10,18-19,21-22H2. The summed E-state index contributed by atoms with van der Waals surface area (Å²) in [6.07, 6.45) is 2.08. The number of Topliss-reactive ketones (excluding diaryl/α,β-unsaturated/α-hetero) is 3. The topological polar surface area (TPSA) is 60.4 Å². The molecule has 4 rings (SSSR count). The third-order valence-corrected chi connectivity index (χ3v) is 6.96. The summed E-state index contributed by atoms with van der Waals surface area (Å²) in [6, 6.07) is 26.1. The molecular formula is C30H26O4S. The number of ketones is 3. The Bertz CT molecular complexity index is 1250. The lowest BCUT2D eigenvalue weighted by Gasteiger charge is -2.23. The van der Waals surface area contributed by atoms with E-state index in [0.717, 1.165) is 23.3 Å². The van der Waals surface area contributed by atoms with Gasteiger partial charge in [0.05, 0.1) is 12.0 Å². The number of carbonyl (C=O) groups excluding carboxylic acids is 3. The first-order chi connectivity index (χ1) is 17.1. The quantitative estimate of drug-likeness (QED) is 0.155. The van der Waals surface area contributed by atoms with Crippen LogP contribution in [-0.4, -0.2) is 17.3 Å². The molecule has 0 bridgehead atoms. The number of benzene rings is 3. The van der Waals surface area contributed by atoms with Crippen molar-refractivity contribution in [3.8, 4) is 16.9 Å². The monoisotopic (exact) mass is 482 g/mol.